The first-order valence-electron chi connectivity index (χ1n) is 4.65. The monoisotopic (exact) mass is 257 g/mol. The van der Waals surface area contributed by atoms with Crippen molar-refractivity contribution in [3.8, 4) is 5.75 Å². The molecular weight excluding hydrogens is 249 g/mol. The number of benzene rings is 1. The smallest absolute Gasteiger partial charge is 0.137 e. The second-order valence-corrected chi connectivity index (χ2v) is 3.99. The summed E-state index contributed by atoms with van der Waals surface area (Å²) in [5.41, 5.74) is 0. The van der Waals surface area contributed by atoms with E-state index in [1.165, 1.54) is 6.33 Å². The van der Waals surface area contributed by atoms with E-state index in [4.69, 9.17) is 27.9 Å². The lowest BCUT2D eigenvalue weighted by atomic mass is 10.3. The SMILES string of the molecule is Clc1cc(Cl)cc(OCCn2cncn2)c1. The van der Waals surface area contributed by atoms with Gasteiger partial charge in [0.25, 0.3) is 0 Å². The van der Waals surface area contributed by atoms with E-state index in [0.717, 1.165) is 0 Å². The van der Waals surface area contributed by atoms with Gasteiger partial charge in [-0.15, -0.1) is 0 Å². The summed E-state index contributed by atoms with van der Waals surface area (Å²) < 4.78 is 7.17. The van der Waals surface area contributed by atoms with Gasteiger partial charge in [-0.3, -0.25) is 0 Å². The Morgan fingerprint density at radius 2 is 1.94 bits per heavy atom. The predicted molar refractivity (Wildman–Crippen MR) is 62.0 cm³/mol. The topological polar surface area (TPSA) is 39.9 Å². The highest BCUT2D eigenvalue weighted by atomic mass is 35.5. The second-order valence-electron chi connectivity index (χ2n) is 3.11. The zero-order chi connectivity index (χ0) is 11.4. The Balaban J connectivity index is 1.89. The molecule has 2 aromatic rings. The molecule has 2 rings (SSSR count). The quantitative estimate of drug-likeness (QED) is 0.846. The number of aromatic nitrogens is 3. The van der Waals surface area contributed by atoms with Gasteiger partial charge in [-0.25, -0.2) is 9.67 Å². The Kier molecular flexibility index (Phi) is 3.64. The second kappa shape index (κ2) is 5.18. The molecular formula is C10H9Cl2N3O. The summed E-state index contributed by atoms with van der Waals surface area (Å²) in [5, 5.41) is 5.07. The summed E-state index contributed by atoms with van der Waals surface area (Å²) in [6, 6.07) is 5.09. The van der Waals surface area contributed by atoms with Crippen molar-refractivity contribution >= 4 is 23.2 Å². The first-order chi connectivity index (χ1) is 7.74. The van der Waals surface area contributed by atoms with E-state index in [1.807, 2.05) is 0 Å². The lowest BCUT2D eigenvalue weighted by Crippen LogP contribution is -2.08. The number of nitrogens with zero attached hydrogens (tertiary/aromatic N) is 3. The van der Waals surface area contributed by atoms with Gasteiger partial charge >= 0.3 is 0 Å². The van der Waals surface area contributed by atoms with Gasteiger partial charge in [0.1, 0.15) is 25.0 Å². The molecule has 0 unspecified atom stereocenters. The van der Waals surface area contributed by atoms with Crippen LogP contribution in [0.5, 0.6) is 5.75 Å². The predicted octanol–water partition coefficient (Wildman–Crippen LogP) is 2.66. The highest BCUT2D eigenvalue weighted by Gasteiger charge is 1.99. The number of halogens is 2. The minimum absolute atomic E-state index is 0.486. The van der Waals surface area contributed by atoms with Crippen molar-refractivity contribution in [1.82, 2.24) is 14.8 Å². The number of rotatable bonds is 4. The molecule has 6 heteroatoms. The molecule has 0 fully saturated rings. The first-order valence-corrected chi connectivity index (χ1v) is 5.41. The van der Waals surface area contributed by atoms with Gasteiger partial charge in [-0.05, 0) is 18.2 Å². The summed E-state index contributed by atoms with van der Waals surface area (Å²) in [7, 11) is 0. The normalized spacial score (nSPS) is 10.4. The van der Waals surface area contributed by atoms with E-state index in [-0.39, 0.29) is 0 Å². The van der Waals surface area contributed by atoms with Gasteiger partial charge in [0.2, 0.25) is 0 Å². The van der Waals surface area contributed by atoms with Gasteiger partial charge < -0.3 is 4.74 Å². The molecule has 0 aliphatic carbocycles. The van der Waals surface area contributed by atoms with Crippen LogP contribution in [-0.2, 0) is 6.54 Å². The molecule has 16 heavy (non-hydrogen) atoms. The maximum atomic E-state index is 5.84. The van der Waals surface area contributed by atoms with Crippen LogP contribution in [0.2, 0.25) is 10.0 Å². The van der Waals surface area contributed by atoms with Crippen LogP contribution in [0.4, 0.5) is 0 Å². The molecule has 4 nitrogen and oxygen atoms in total. The summed E-state index contributed by atoms with van der Waals surface area (Å²) in [6.07, 6.45) is 3.12. The Hall–Kier alpha value is -1.26. The zero-order valence-corrected chi connectivity index (χ0v) is 9.82. The zero-order valence-electron chi connectivity index (χ0n) is 8.31. The van der Waals surface area contributed by atoms with Crippen LogP contribution in [0.3, 0.4) is 0 Å². The molecule has 0 saturated carbocycles. The molecule has 0 amide bonds. The summed E-state index contributed by atoms with van der Waals surface area (Å²) >= 11 is 11.7. The van der Waals surface area contributed by atoms with Crippen LogP contribution in [0, 0.1) is 0 Å². The lowest BCUT2D eigenvalue weighted by Gasteiger charge is -2.06. The van der Waals surface area contributed by atoms with Crippen LogP contribution in [-0.4, -0.2) is 21.4 Å². The maximum Gasteiger partial charge on any atom is 0.137 e. The molecule has 0 N–H and O–H groups in total. The average molecular weight is 258 g/mol. The van der Waals surface area contributed by atoms with E-state index < -0.39 is 0 Å². The molecule has 0 aliphatic heterocycles. The Bertz CT molecular complexity index is 439. The van der Waals surface area contributed by atoms with Crippen LogP contribution < -0.4 is 4.74 Å². The lowest BCUT2D eigenvalue weighted by molar-refractivity contribution is 0.291. The van der Waals surface area contributed by atoms with Crippen molar-refractivity contribution in [2.45, 2.75) is 6.54 Å². The van der Waals surface area contributed by atoms with Crippen LogP contribution in [0.25, 0.3) is 0 Å². The Labute approximate surface area is 103 Å². The van der Waals surface area contributed by atoms with Crippen LogP contribution in [0.15, 0.2) is 30.9 Å². The van der Waals surface area contributed by atoms with Crippen molar-refractivity contribution in [3.05, 3.63) is 40.9 Å². The van der Waals surface area contributed by atoms with Crippen molar-refractivity contribution in [1.29, 1.82) is 0 Å². The van der Waals surface area contributed by atoms with Crippen molar-refractivity contribution in [3.63, 3.8) is 0 Å². The van der Waals surface area contributed by atoms with E-state index in [1.54, 1.807) is 29.2 Å². The summed E-state index contributed by atoms with van der Waals surface area (Å²) in [6.45, 7) is 1.12. The van der Waals surface area contributed by atoms with E-state index in [9.17, 15) is 0 Å². The summed E-state index contributed by atoms with van der Waals surface area (Å²) in [5.74, 6) is 0.651. The van der Waals surface area contributed by atoms with Gasteiger partial charge in [0.05, 0.1) is 6.54 Å². The molecule has 1 heterocycles. The van der Waals surface area contributed by atoms with Crippen molar-refractivity contribution < 1.29 is 4.74 Å². The fourth-order valence-corrected chi connectivity index (χ4v) is 1.72. The van der Waals surface area contributed by atoms with E-state index in [0.29, 0.717) is 28.9 Å². The molecule has 0 spiro atoms. The third-order valence-electron chi connectivity index (χ3n) is 1.89. The van der Waals surface area contributed by atoms with Crippen LogP contribution in [0.1, 0.15) is 0 Å². The molecule has 1 aromatic heterocycles. The standard InChI is InChI=1S/C10H9Cl2N3O/c11-8-3-9(12)5-10(4-8)16-2-1-15-7-13-6-14-15/h3-7H,1-2H2. The van der Waals surface area contributed by atoms with E-state index >= 15 is 0 Å². The minimum atomic E-state index is 0.486. The third-order valence-corrected chi connectivity index (χ3v) is 2.33. The first kappa shape index (κ1) is 11.2. The molecule has 0 atom stereocenters. The van der Waals surface area contributed by atoms with Gasteiger partial charge in [-0.2, -0.15) is 5.10 Å². The Morgan fingerprint density at radius 3 is 2.56 bits per heavy atom. The molecule has 0 bridgehead atoms. The molecule has 0 aliphatic rings. The van der Waals surface area contributed by atoms with Gasteiger partial charge in [0.15, 0.2) is 0 Å². The number of hydrogen-bond donors (Lipinski definition) is 0. The number of ether oxygens (including phenoxy) is 1. The molecule has 1 aromatic carbocycles. The van der Waals surface area contributed by atoms with Gasteiger partial charge in [0, 0.05) is 10.0 Å². The van der Waals surface area contributed by atoms with Crippen molar-refractivity contribution in [2.24, 2.45) is 0 Å². The average Bonchev–Trinajstić information content (AvgIpc) is 2.69. The van der Waals surface area contributed by atoms with Crippen molar-refractivity contribution in [2.75, 3.05) is 6.61 Å². The highest BCUT2D eigenvalue weighted by molar-refractivity contribution is 6.34. The molecule has 84 valence electrons. The largest absolute Gasteiger partial charge is 0.492 e. The maximum absolute atomic E-state index is 5.84. The Morgan fingerprint density at radius 1 is 1.19 bits per heavy atom. The fourth-order valence-electron chi connectivity index (χ4n) is 1.22. The molecule has 0 radical (unpaired) electrons. The summed E-state index contributed by atoms with van der Waals surface area (Å²) in [4.78, 5) is 3.83. The van der Waals surface area contributed by atoms with Gasteiger partial charge in [-0.1, -0.05) is 23.2 Å². The number of hydrogen-bond acceptors (Lipinski definition) is 3. The minimum Gasteiger partial charge on any atom is -0.492 e. The van der Waals surface area contributed by atoms with Crippen LogP contribution >= 0.6 is 23.2 Å². The molecule has 0 saturated heterocycles. The fraction of sp³-hybridized carbons (Fsp3) is 0.200. The highest BCUT2D eigenvalue weighted by Crippen LogP contribution is 2.23. The van der Waals surface area contributed by atoms with E-state index in [2.05, 4.69) is 10.1 Å². The third kappa shape index (κ3) is 3.12.